The first kappa shape index (κ1) is 24.4. The van der Waals surface area contributed by atoms with E-state index in [1.807, 2.05) is 30.3 Å². The summed E-state index contributed by atoms with van der Waals surface area (Å²) in [7, 11) is -2.53. The monoisotopic (exact) mass is 511 g/mol. The van der Waals surface area contributed by atoms with Crippen molar-refractivity contribution >= 4 is 27.6 Å². The molecule has 0 fully saturated rings. The van der Waals surface area contributed by atoms with Gasteiger partial charge in [0.15, 0.2) is 28.3 Å². The summed E-state index contributed by atoms with van der Waals surface area (Å²) in [5.41, 5.74) is 1.60. The Morgan fingerprint density at radius 3 is 2.31 bits per heavy atom. The Hall–Kier alpha value is -3.73. The first-order valence-corrected chi connectivity index (χ1v) is 12.4. The van der Waals surface area contributed by atoms with Crippen molar-refractivity contribution < 1.29 is 17.9 Å². The van der Waals surface area contributed by atoms with Gasteiger partial charge in [-0.2, -0.15) is 13.1 Å². The molecule has 2 aromatic carbocycles. The lowest BCUT2D eigenvalue weighted by Gasteiger charge is -2.16. The molecule has 4 rings (SSSR count). The summed E-state index contributed by atoms with van der Waals surface area (Å²) in [6.07, 6.45) is 3.65. The van der Waals surface area contributed by atoms with Gasteiger partial charge in [-0.3, -0.25) is 9.71 Å². The minimum Gasteiger partial charge on any atom is -0.493 e. The van der Waals surface area contributed by atoms with E-state index in [-0.39, 0.29) is 29.1 Å². The van der Waals surface area contributed by atoms with Gasteiger partial charge < -0.3 is 9.47 Å². The van der Waals surface area contributed by atoms with Gasteiger partial charge in [0.1, 0.15) is 0 Å². The lowest BCUT2D eigenvalue weighted by atomic mass is 10.2. The van der Waals surface area contributed by atoms with Crippen LogP contribution in [0.1, 0.15) is 5.56 Å². The Bertz CT molecular complexity index is 1390. The van der Waals surface area contributed by atoms with E-state index >= 15 is 0 Å². The van der Waals surface area contributed by atoms with Crippen LogP contribution in [-0.4, -0.2) is 37.0 Å². The van der Waals surface area contributed by atoms with Crippen LogP contribution < -0.4 is 18.9 Å². The molecule has 0 spiro atoms. The molecule has 0 aliphatic rings. The van der Waals surface area contributed by atoms with E-state index in [1.165, 1.54) is 7.11 Å². The summed E-state index contributed by atoms with van der Waals surface area (Å²) in [4.78, 5) is 12.7. The third kappa shape index (κ3) is 6.44. The average Bonchev–Trinajstić information content (AvgIpc) is 2.87. The van der Waals surface area contributed by atoms with Crippen molar-refractivity contribution in [1.82, 2.24) is 19.7 Å². The summed E-state index contributed by atoms with van der Waals surface area (Å²) < 4.78 is 41.9. The molecule has 0 saturated carbocycles. The number of nitrogens with one attached hydrogen (secondary N) is 2. The Balaban J connectivity index is 1.64. The van der Waals surface area contributed by atoms with Gasteiger partial charge in [0.05, 0.1) is 7.11 Å². The molecule has 0 unspecified atom stereocenters. The van der Waals surface area contributed by atoms with Gasteiger partial charge >= 0.3 is 0 Å². The maximum Gasteiger partial charge on any atom is 0.300 e. The van der Waals surface area contributed by atoms with Crippen LogP contribution in [0.25, 0.3) is 11.4 Å². The number of nitrogens with zero attached hydrogens (tertiary/aromatic N) is 3. The van der Waals surface area contributed by atoms with Gasteiger partial charge in [-0.15, -0.1) is 0 Å². The highest BCUT2D eigenvalue weighted by Crippen LogP contribution is 2.39. The fraction of sp³-hybridized carbons (Fsp3) is 0.125. The molecule has 2 N–H and O–H groups in total. The van der Waals surface area contributed by atoms with Crippen molar-refractivity contribution in [3.63, 3.8) is 0 Å². The van der Waals surface area contributed by atoms with Gasteiger partial charge in [0.2, 0.25) is 5.75 Å². The molecule has 0 aliphatic carbocycles. The van der Waals surface area contributed by atoms with E-state index in [0.717, 1.165) is 5.56 Å². The highest BCUT2D eigenvalue weighted by atomic mass is 35.5. The minimum absolute atomic E-state index is 0.0672. The Morgan fingerprint density at radius 1 is 0.914 bits per heavy atom. The molecule has 0 radical (unpaired) electrons. The third-order valence-electron chi connectivity index (χ3n) is 4.82. The highest BCUT2D eigenvalue weighted by molar-refractivity contribution is 7.90. The van der Waals surface area contributed by atoms with E-state index in [4.69, 9.17) is 21.1 Å². The number of para-hydroxylation sites is 2. The second-order valence-electron chi connectivity index (χ2n) is 7.24. The van der Waals surface area contributed by atoms with E-state index in [9.17, 15) is 8.42 Å². The van der Waals surface area contributed by atoms with Gasteiger partial charge in [-0.1, -0.05) is 54.1 Å². The van der Waals surface area contributed by atoms with Crippen molar-refractivity contribution in [2.75, 3.05) is 18.4 Å². The fourth-order valence-electron chi connectivity index (χ4n) is 3.16. The summed E-state index contributed by atoms with van der Waals surface area (Å²) in [6.45, 7) is 0.179. The van der Waals surface area contributed by atoms with Crippen LogP contribution in [0.3, 0.4) is 0 Å². The normalized spacial score (nSPS) is 11.1. The van der Waals surface area contributed by atoms with Crippen LogP contribution >= 0.6 is 11.6 Å². The predicted molar refractivity (Wildman–Crippen MR) is 134 cm³/mol. The second kappa shape index (κ2) is 11.1. The number of aromatic nitrogens is 3. The molecule has 0 atom stereocenters. The second-order valence-corrected chi connectivity index (χ2v) is 9.10. The number of benzene rings is 2. The van der Waals surface area contributed by atoms with Gasteiger partial charge in [0, 0.05) is 24.5 Å². The zero-order valence-corrected chi connectivity index (χ0v) is 20.3. The molecular weight excluding hydrogens is 490 g/mol. The minimum atomic E-state index is -4.02. The average molecular weight is 512 g/mol. The molecule has 35 heavy (non-hydrogen) atoms. The standard InChI is InChI=1S/C24H22ClN5O4S/c1-33-19-9-5-6-10-20(19)34-21-22(25)28-23(18-12-14-26-15-13-18)29-24(21)30-35(31,32)27-16-11-17-7-3-2-4-8-17/h2-10,12-15,27H,11,16H2,1H3,(H,28,29,30). The number of pyridine rings is 1. The first-order valence-electron chi connectivity index (χ1n) is 10.6. The van der Waals surface area contributed by atoms with Crippen molar-refractivity contribution in [3.8, 4) is 28.6 Å². The first-order chi connectivity index (χ1) is 16.9. The van der Waals surface area contributed by atoms with Crippen molar-refractivity contribution in [1.29, 1.82) is 0 Å². The Morgan fingerprint density at radius 2 is 1.60 bits per heavy atom. The van der Waals surface area contributed by atoms with E-state index in [2.05, 4.69) is 24.4 Å². The maximum atomic E-state index is 12.9. The Labute approximate surface area is 208 Å². The number of halogens is 1. The van der Waals surface area contributed by atoms with Gasteiger partial charge in [0.25, 0.3) is 10.2 Å². The summed E-state index contributed by atoms with van der Waals surface area (Å²) in [6, 6.07) is 19.8. The van der Waals surface area contributed by atoms with Gasteiger partial charge in [-0.25, -0.2) is 9.97 Å². The zero-order valence-electron chi connectivity index (χ0n) is 18.7. The van der Waals surface area contributed by atoms with Crippen LogP contribution in [-0.2, 0) is 16.6 Å². The zero-order chi connectivity index (χ0) is 24.7. The van der Waals surface area contributed by atoms with Crippen LogP contribution in [0.2, 0.25) is 5.15 Å². The number of methoxy groups -OCH3 is 1. The van der Waals surface area contributed by atoms with Crippen LogP contribution in [0, 0.1) is 0 Å². The van der Waals surface area contributed by atoms with Crippen LogP contribution in [0.4, 0.5) is 5.82 Å². The molecule has 2 heterocycles. The van der Waals surface area contributed by atoms with Crippen LogP contribution in [0.15, 0.2) is 79.1 Å². The Kier molecular flexibility index (Phi) is 7.76. The van der Waals surface area contributed by atoms with Gasteiger partial charge in [-0.05, 0) is 36.2 Å². The van der Waals surface area contributed by atoms with Crippen molar-refractivity contribution in [2.45, 2.75) is 6.42 Å². The van der Waals surface area contributed by atoms with E-state index < -0.39 is 10.2 Å². The number of rotatable bonds is 10. The fourth-order valence-corrected chi connectivity index (χ4v) is 4.21. The molecule has 9 nitrogen and oxygen atoms in total. The predicted octanol–water partition coefficient (Wildman–Crippen LogP) is 4.48. The van der Waals surface area contributed by atoms with E-state index in [0.29, 0.717) is 23.5 Å². The molecule has 0 amide bonds. The molecule has 11 heteroatoms. The molecule has 180 valence electrons. The van der Waals surface area contributed by atoms with E-state index in [1.54, 1.807) is 48.8 Å². The summed E-state index contributed by atoms with van der Waals surface area (Å²) in [5, 5.41) is -0.0836. The maximum absolute atomic E-state index is 12.9. The molecule has 2 aromatic heterocycles. The van der Waals surface area contributed by atoms with Crippen molar-refractivity contribution in [2.24, 2.45) is 0 Å². The molecule has 4 aromatic rings. The van der Waals surface area contributed by atoms with Crippen molar-refractivity contribution in [3.05, 3.63) is 89.8 Å². The largest absolute Gasteiger partial charge is 0.493 e. The lowest BCUT2D eigenvalue weighted by Crippen LogP contribution is -2.32. The third-order valence-corrected chi connectivity index (χ3v) is 6.13. The smallest absolute Gasteiger partial charge is 0.300 e. The van der Waals surface area contributed by atoms with Crippen LogP contribution in [0.5, 0.6) is 17.2 Å². The molecular formula is C24H22ClN5O4S. The number of hydrogen-bond acceptors (Lipinski definition) is 7. The molecule has 0 bridgehead atoms. The lowest BCUT2D eigenvalue weighted by molar-refractivity contribution is 0.378. The molecule has 0 saturated heterocycles. The highest BCUT2D eigenvalue weighted by Gasteiger charge is 2.22. The molecule has 0 aliphatic heterocycles. The number of anilines is 1. The number of ether oxygens (including phenoxy) is 2. The summed E-state index contributed by atoms with van der Waals surface area (Å²) >= 11 is 6.46. The SMILES string of the molecule is COc1ccccc1Oc1c(Cl)nc(-c2ccncc2)nc1NS(=O)(=O)NCCc1ccccc1. The quantitative estimate of drug-likeness (QED) is 0.301. The number of hydrogen-bond donors (Lipinski definition) is 2. The topological polar surface area (TPSA) is 115 Å². The summed E-state index contributed by atoms with van der Waals surface area (Å²) in [5.74, 6) is 0.746.